The molecule has 0 radical (unpaired) electrons. The number of rotatable bonds is 7. The highest BCUT2D eigenvalue weighted by atomic mass is 16.5. The predicted octanol–water partition coefficient (Wildman–Crippen LogP) is 4.86. The van der Waals surface area contributed by atoms with Crippen molar-refractivity contribution in [1.29, 1.82) is 0 Å². The van der Waals surface area contributed by atoms with Gasteiger partial charge in [0.2, 0.25) is 5.88 Å². The Morgan fingerprint density at radius 3 is 2.79 bits per heavy atom. The molecule has 2 N–H and O–H groups in total. The van der Waals surface area contributed by atoms with Crippen LogP contribution in [0.2, 0.25) is 0 Å². The first-order valence-corrected chi connectivity index (χ1v) is 11.4. The molecule has 5 rings (SSSR count). The lowest BCUT2D eigenvalue weighted by atomic mass is 10.0. The number of H-pyrrole nitrogens is 1. The molecule has 0 saturated carbocycles. The van der Waals surface area contributed by atoms with E-state index in [2.05, 4.69) is 27.0 Å². The number of benzene rings is 2. The lowest BCUT2D eigenvalue weighted by molar-refractivity contribution is 0.112. The van der Waals surface area contributed by atoms with E-state index in [0.29, 0.717) is 22.4 Å². The molecule has 174 valence electrons. The largest absolute Gasteiger partial charge is 0.494 e. The van der Waals surface area contributed by atoms with Crippen molar-refractivity contribution in [3.05, 3.63) is 82.5 Å². The third kappa shape index (κ3) is 4.53. The molecule has 2 aromatic heterocycles. The van der Waals surface area contributed by atoms with Gasteiger partial charge < -0.3 is 14.3 Å². The molecular formula is C27H27N3O4. The van der Waals surface area contributed by atoms with E-state index < -0.39 is 0 Å². The molecule has 34 heavy (non-hydrogen) atoms. The zero-order chi connectivity index (χ0) is 23.5. The Hall–Kier alpha value is -3.68. The second-order valence-corrected chi connectivity index (χ2v) is 8.64. The number of furan rings is 1. The maximum Gasteiger partial charge on any atom is 0.258 e. The van der Waals surface area contributed by atoms with E-state index in [1.807, 2.05) is 30.3 Å². The molecule has 1 atom stereocenters. The Balaban J connectivity index is 1.40. The summed E-state index contributed by atoms with van der Waals surface area (Å²) in [6.45, 7) is 2.74. The van der Waals surface area contributed by atoms with Gasteiger partial charge in [-0.25, -0.2) is 0 Å². The summed E-state index contributed by atoms with van der Waals surface area (Å²) in [5, 5.41) is 11.6. The van der Waals surface area contributed by atoms with E-state index in [9.17, 15) is 9.90 Å². The minimum absolute atomic E-state index is 0.208. The highest BCUT2D eigenvalue weighted by Crippen LogP contribution is 2.28. The summed E-state index contributed by atoms with van der Waals surface area (Å²) in [6, 6.07) is 15.9. The summed E-state index contributed by atoms with van der Waals surface area (Å²) in [5.74, 6) is -0.208. The fourth-order valence-corrected chi connectivity index (χ4v) is 4.62. The molecule has 7 nitrogen and oxygen atoms in total. The van der Waals surface area contributed by atoms with Crippen molar-refractivity contribution in [2.45, 2.75) is 25.4 Å². The molecule has 1 aliphatic heterocycles. The second-order valence-electron chi connectivity index (χ2n) is 8.64. The van der Waals surface area contributed by atoms with E-state index in [-0.39, 0.29) is 11.4 Å². The average molecular weight is 458 g/mol. The highest BCUT2D eigenvalue weighted by Gasteiger charge is 2.24. The van der Waals surface area contributed by atoms with Crippen molar-refractivity contribution in [2.75, 3.05) is 20.3 Å². The van der Waals surface area contributed by atoms with Crippen molar-refractivity contribution >= 4 is 22.7 Å². The van der Waals surface area contributed by atoms with Crippen molar-refractivity contribution in [1.82, 2.24) is 9.88 Å². The van der Waals surface area contributed by atoms with E-state index in [1.54, 1.807) is 31.9 Å². The number of hydrogen-bond acceptors (Lipinski definition) is 6. The van der Waals surface area contributed by atoms with Gasteiger partial charge in [0, 0.05) is 42.2 Å². The Bertz CT molecular complexity index is 1360. The van der Waals surface area contributed by atoms with Gasteiger partial charge in [-0.2, -0.15) is 0 Å². The van der Waals surface area contributed by atoms with E-state index in [1.165, 1.54) is 18.4 Å². The standard InChI is InChI=1S/C27H27N3O4/c1-33-17-22-3-2-11-30(22)15-18-4-7-21(8-5-18)28-14-25-24-13-19(20-10-12-34-16-20)6-9-23(24)26(31)29-27(25)32/h4-10,12-14,16,22H,2-3,11,15,17H2,1H3,(H2,29,31,32)/t22-/m1/s1. The number of fused-ring (bicyclic) bond motifs is 1. The lowest BCUT2D eigenvalue weighted by Gasteiger charge is -2.23. The normalized spacial score (nSPS) is 16.7. The van der Waals surface area contributed by atoms with Gasteiger partial charge >= 0.3 is 0 Å². The minimum atomic E-state index is -0.346. The predicted molar refractivity (Wildman–Crippen MR) is 133 cm³/mol. The van der Waals surface area contributed by atoms with Crippen LogP contribution < -0.4 is 5.56 Å². The fraction of sp³-hybridized carbons (Fsp3) is 0.259. The summed E-state index contributed by atoms with van der Waals surface area (Å²) in [6.07, 6.45) is 7.22. The maximum absolute atomic E-state index is 12.4. The number of aromatic nitrogens is 1. The highest BCUT2D eigenvalue weighted by molar-refractivity contribution is 6.03. The number of nitrogens with one attached hydrogen (secondary N) is 1. The number of likely N-dealkylation sites (tertiary alicyclic amines) is 1. The Labute approximate surface area is 197 Å². The van der Waals surface area contributed by atoms with E-state index in [0.717, 1.165) is 36.5 Å². The van der Waals surface area contributed by atoms with Crippen LogP contribution in [0.1, 0.15) is 24.0 Å². The summed E-state index contributed by atoms with van der Waals surface area (Å²) < 4.78 is 10.5. The lowest BCUT2D eigenvalue weighted by Crippen LogP contribution is -2.32. The average Bonchev–Trinajstić information content (AvgIpc) is 3.53. The van der Waals surface area contributed by atoms with Crippen LogP contribution in [0.25, 0.3) is 21.9 Å². The van der Waals surface area contributed by atoms with E-state index in [4.69, 9.17) is 9.15 Å². The van der Waals surface area contributed by atoms with Gasteiger partial charge in [0.1, 0.15) is 0 Å². The van der Waals surface area contributed by atoms with Crippen molar-refractivity contribution in [2.24, 2.45) is 4.99 Å². The Morgan fingerprint density at radius 1 is 1.18 bits per heavy atom. The van der Waals surface area contributed by atoms with Gasteiger partial charge in [-0.1, -0.05) is 18.2 Å². The molecule has 1 aliphatic rings. The third-order valence-corrected chi connectivity index (χ3v) is 6.42. The zero-order valence-corrected chi connectivity index (χ0v) is 19.0. The van der Waals surface area contributed by atoms with Crippen molar-refractivity contribution in [3.8, 4) is 17.0 Å². The smallest absolute Gasteiger partial charge is 0.258 e. The number of aromatic amines is 1. The minimum Gasteiger partial charge on any atom is -0.494 e. The summed E-state index contributed by atoms with van der Waals surface area (Å²) >= 11 is 0. The zero-order valence-electron chi connectivity index (χ0n) is 19.0. The number of methoxy groups -OCH3 is 1. The van der Waals surface area contributed by atoms with Crippen LogP contribution >= 0.6 is 0 Å². The third-order valence-electron chi connectivity index (χ3n) is 6.42. The molecule has 1 saturated heterocycles. The van der Waals surface area contributed by atoms with Crippen LogP contribution in [0, 0.1) is 0 Å². The van der Waals surface area contributed by atoms with Gasteiger partial charge in [-0.05, 0) is 60.8 Å². The first-order valence-electron chi connectivity index (χ1n) is 11.4. The molecule has 7 heteroatoms. The molecule has 2 aromatic carbocycles. The molecule has 4 aromatic rings. The molecular weight excluding hydrogens is 430 g/mol. The number of ether oxygens (including phenoxy) is 1. The van der Waals surface area contributed by atoms with Gasteiger partial charge in [0.25, 0.3) is 5.56 Å². The molecule has 0 spiro atoms. The van der Waals surface area contributed by atoms with Crippen molar-refractivity contribution < 1.29 is 14.3 Å². The number of hydrogen-bond donors (Lipinski definition) is 2. The summed E-state index contributed by atoms with van der Waals surface area (Å²) in [5.41, 5.74) is 3.89. The molecule has 0 amide bonds. The van der Waals surface area contributed by atoms with Gasteiger partial charge in [0.05, 0.1) is 30.4 Å². The second kappa shape index (κ2) is 9.67. The number of pyridine rings is 1. The number of nitrogens with zero attached hydrogens (tertiary/aromatic N) is 2. The quantitative estimate of drug-likeness (QED) is 0.387. The molecule has 0 unspecified atom stereocenters. The SMILES string of the molecule is COC[C@H]1CCCN1Cc1ccc(N=Cc2c(O)[nH]c(=O)c3ccc(-c4ccoc4)cc23)cc1. The fourth-order valence-electron chi connectivity index (χ4n) is 4.62. The molecule has 0 aliphatic carbocycles. The van der Waals surface area contributed by atoms with E-state index >= 15 is 0 Å². The topological polar surface area (TPSA) is 91.1 Å². The molecule has 1 fully saturated rings. The maximum atomic E-state index is 12.4. The number of aliphatic imine (C=N–C) groups is 1. The van der Waals surface area contributed by atoms with Crippen LogP contribution in [0.4, 0.5) is 5.69 Å². The Kier molecular flexibility index (Phi) is 6.29. The Morgan fingerprint density at radius 2 is 2.03 bits per heavy atom. The monoisotopic (exact) mass is 457 g/mol. The van der Waals surface area contributed by atoms with Crippen molar-refractivity contribution in [3.63, 3.8) is 0 Å². The van der Waals surface area contributed by atoms with Gasteiger partial charge in [-0.3, -0.25) is 19.7 Å². The van der Waals surface area contributed by atoms with Crippen LogP contribution in [0.15, 0.2) is 75.3 Å². The van der Waals surface area contributed by atoms with Gasteiger partial charge in [-0.15, -0.1) is 0 Å². The van der Waals surface area contributed by atoms with Crippen LogP contribution in [0.5, 0.6) is 5.88 Å². The van der Waals surface area contributed by atoms with Crippen LogP contribution in [0.3, 0.4) is 0 Å². The first-order chi connectivity index (χ1) is 16.6. The molecule has 0 bridgehead atoms. The first kappa shape index (κ1) is 22.1. The molecule has 3 heterocycles. The van der Waals surface area contributed by atoms with Crippen LogP contribution in [-0.4, -0.2) is 47.5 Å². The number of aromatic hydroxyl groups is 1. The van der Waals surface area contributed by atoms with Crippen LogP contribution in [-0.2, 0) is 11.3 Å². The summed E-state index contributed by atoms with van der Waals surface area (Å²) in [4.78, 5) is 21.9. The van der Waals surface area contributed by atoms with Gasteiger partial charge in [0.15, 0.2) is 0 Å². The summed E-state index contributed by atoms with van der Waals surface area (Å²) in [7, 11) is 1.75.